The van der Waals surface area contributed by atoms with Gasteiger partial charge in [-0.2, -0.15) is 8.78 Å². The average molecular weight is 271 g/mol. The average Bonchev–Trinajstić information content (AvgIpc) is 2.31. The Morgan fingerprint density at radius 2 is 2.06 bits per heavy atom. The van der Waals surface area contributed by atoms with Crippen LogP contribution in [0.5, 0.6) is 0 Å². The van der Waals surface area contributed by atoms with Crippen LogP contribution in [0, 0.1) is 0 Å². The minimum Gasteiger partial charge on any atom is -0.373 e. The predicted molar refractivity (Wildman–Crippen MR) is 63.3 cm³/mol. The monoisotopic (exact) mass is 271 g/mol. The second kappa shape index (κ2) is 9.33. The van der Waals surface area contributed by atoms with Gasteiger partial charge in [0.2, 0.25) is 0 Å². The molecule has 0 rings (SSSR count). The van der Waals surface area contributed by atoms with Gasteiger partial charge in [-0.1, -0.05) is 13.0 Å². The molecule has 0 aromatic rings. The molecule has 0 amide bonds. The zero-order valence-electron chi connectivity index (χ0n) is 10.6. The minimum atomic E-state index is -4.08. The Bertz CT molecular complexity index is 224. The molecule has 6 heteroatoms. The second-order valence-electron chi connectivity index (χ2n) is 4.09. The lowest BCUT2D eigenvalue weighted by Gasteiger charge is -2.20. The molecule has 0 aliphatic carbocycles. The third kappa shape index (κ3) is 7.66. The summed E-state index contributed by atoms with van der Waals surface area (Å²) in [7, 11) is 0. The van der Waals surface area contributed by atoms with Gasteiger partial charge in [0.05, 0.1) is 6.61 Å². The maximum atomic E-state index is 12.6. The van der Waals surface area contributed by atoms with Crippen LogP contribution in [0.1, 0.15) is 26.2 Å². The molecule has 0 aromatic carbocycles. The second-order valence-corrected chi connectivity index (χ2v) is 4.09. The number of alkyl halides is 4. The van der Waals surface area contributed by atoms with Gasteiger partial charge in [0, 0.05) is 6.04 Å². The van der Waals surface area contributed by atoms with E-state index in [2.05, 4.69) is 16.6 Å². The fourth-order valence-electron chi connectivity index (χ4n) is 1.31. The van der Waals surface area contributed by atoms with E-state index in [1.54, 1.807) is 6.08 Å². The molecule has 0 aliphatic rings. The highest BCUT2D eigenvalue weighted by Gasteiger charge is 2.41. The van der Waals surface area contributed by atoms with Gasteiger partial charge >= 0.3 is 12.3 Å². The highest BCUT2D eigenvalue weighted by atomic mass is 19.3. The summed E-state index contributed by atoms with van der Waals surface area (Å²) in [5, 5.41) is 3.11. The van der Waals surface area contributed by atoms with Crippen molar-refractivity contribution < 1.29 is 22.3 Å². The number of ether oxygens (including phenoxy) is 1. The Morgan fingerprint density at radius 3 is 2.56 bits per heavy atom. The van der Waals surface area contributed by atoms with E-state index in [4.69, 9.17) is 0 Å². The Morgan fingerprint density at radius 1 is 1.39 bits per heavy atom. The van der Waals surface area contributed by atoms with Crippen molar-refractivity contribution in [1.29, 1.82) is 0 Å². The van der Waals surface area contributed by atoms with Crippen molar-refractivity contribution in [3.8, 4) is 0 Å². The molecule has 0 radical (unpaired) electrons. The lowest BCUT2D eigenvalue weighted by molar-refractivity contribution is -0.167. The maximum Gasteiger partial charge on any atom is 0.330 e. The normalized spacial score (nSPS) is 13.9. The van der Waals surface area contributed by atoms with Crippen LogP contribution in [0.3, 0.4) is 0 Å². The standard InChI is InChI=1S/C12H21F4NO/c1-3-5-6-10(17-7-4-2)8-18-9-12(15,16)11(13)14/h3,10-11,17H,1,4-9H2,2H3. The molecule has 18 heavy (non-hydrogen) atoms. The third-order valence-corrected chi connectivity index (χ3v) is 2.34. The van der Waals surface area contributed by atoms with Crippen molar-refractivity contribution in [2.24, 2.45) is 0 Å². The van der Waals surface area contributed by atoms with E-state index in [0.29, 0.717) is 6.42 Å². The van der Waals surface area contributed by atoms with Gasteiger partial charge in [-0.15, -0.1) is 6.58 Å². The first-order chi connectivity index (χ1) is 8.44. The van der Waals surface area contributed by atoms with Crippen molar-refractivity contribution in [1.82, 2.24) is 5.32 Å². The summed E-state index contributed by atoms with van der Waals surface area (Å²) in [4.78, 5) is 0. The van der Waals surface area contributed by atoms with Crippen molar-refractivity contribution in [2.75, 3.05) is 19.8 Å². The number of allylic oxidation sites excluding steroid dienone is 1. The molecule has 1 atom stereocenters. The predicted octanol–water partition coefficient (Wildman–Crippen LogP) is 3.24. The van der Waals surface area contributed by atoms with Crippen LogP contribution in [-0.4, -0.2) is 38.1 Å². The van der Waals surface area contributed by atoms with Gasteiger partial charge in [0.1, 0.15) is 6.61 Å². The zero-order chi connectivity index (χ0) is 14.0. The van der Waals surface area contributed by atoms with E-state index in [9.17, 15) is 17.6 Å². The summed E-state index contributed by atoms with van der Waals surface area (Å²) in [5.41, 5.74) is 0. The van der Waals surface area contributed by atoms with Crippen LogP contribution >= 0.6 is 0 Å². The van der Waals surface area contributed by atoms with E-state index in [-0.39, 0.29) is 12.6 Å². The topological polar surface area (TPSA) is 21.3 Å². The summed E-state index contributed by atoms with van der Waals surface area (Å²) in [6, 6.07) is -0.114. The molecule has 2 nitrogen and oxygen atoms in total. The largest absolute Gasteiger partial charge is 0.373 e. The van der Waals surface area contributed by atoms with Crippen molar-refractivity contribution in [3.63, 3.8) is 0 Å². The van der Waals surface area contributed by atoms with E-state index in [0.717, 1.165) is 19.4 Å². The summed E-state index contributed by atoms with van der Waals surface area (Å²) >= 11 is 0. The summed E-state index contributed by atoms with van der Waals surface area (Å²) < 4.78 is 53.6. The third-order valence-electron chi connectivity index (χ3n) is 2.34. The molecule has 0 bridgehead atoms. The Labute approximate surface area is 105 Å². The van der Waals surface area contributed by atoms with Crippen LogP contribution in [0.4, 0.5) is 17.6 Å². The number of halogens is 4. The van der Waals surface area contributed by atoms with Crippen LogP contribution in [0.15, 0.2) is 12.7 Å². The molecular weight excluding hydrogens is 250 g/mol. The highest BCUT2D eigenvalue weighted by Crippen LogP contribution is 2.22. The quantitative estimate of drug-likeness (QED) is 0.460. The molecular formula is C12H21F4NO. The number of hydrogen-bond donors (Lipinski definition) is 1. The highest BCUT2D eigenvalue weighted by molar-refractivity contribution is 4.75. The minimum absolute atomic E-state index is 0.00382. The molecule has 0 heterocycles. The Kier molecular flexibility index (Phi) is 9.01. The SMILES string of the molecule is C=CCCC(COCC(F)(F)C(F)F)NCCC. The molecule has 0 saturated carbocycles. The molecule has 0 saturated heterocycles. The van der Waals surface area contributed by atoms with Crippen molar-refractivity contribution in [2.45, 2.75) is 44.6 Å². The summed E-state index contributed by atoms with van der Waals surface area (Å²) in [6.45, 7) is 5.03. The van der Waals surface area contributed by atoms with E-state index < -0.39 is 19.0 Å². The van der Waals surface area contributed by atoms with Gasteiger partial charge in [0.15, 0.2) is 0 Å². The lowest BCUT2D eigenvalue weighted by atomic mass is 10.1. The van der Waals surface area contributed by atoms with Crippen LogP contribution in [-0.2, 0) is 4.74 Å². The van der Waals surface area contributed by atoms with Gasteiger partial charge in [-0.3, -0.25) is 0 Å². The maximum absolute atomic E-state index is 12.6. The van der Waals surface area contributed by atoms with Crippen LogP contribution in [0.25, 0.3) is 0 Å². The fourth-order valence-corrected chi connectivity index (χ4v) is 1.31. The van der Waals surface area contributed by atoms with Gasteiger partial charge in [-0.25, -0.2) is 8.78 Å². The van der Waals surface area contributed by atoms with Crippen LogP contribution < -0.4 is 5.32 Å². The first-order valence-corrected chi connectivity index (χ1v) is 6.02. The van der Waals surface area contributed by atoms with Gasteiger partial charge in [-0.05, 0) is 25.8 Å². The van der Waals surface area contributed by atoms with E-state index >= 15 is 0 Å². The first kappa shape index (κ1) is 17.4. The van der Waals surface area contributed by atoms with E-state index in [1.807, 2.05) is 6.92 Å². The molecule has 108 valence electrons. The molecule has 1 N–H and O–H groups in total. The van der Waals surface area contributed by atoms with Crippen LogP contribution in [0.2, 0.25) is 0 Å². The van der Waals surface area contributed by atoms with Gasteiger partial charge < -0.3 is 10.1 Å². The molecule has 0 spiro atoms. The lowest BCUT2D eigenvalue weighted by Crippen LogP contribution is -2.38. The molecule has 0 fully saturated rings. The van der Waals surface area contributed by atoms with E-state index in [1.165, 1.54) is 0 Å². The number of nitrogens with one attached hydrogen (secondary N) is 1. The van der Waals surface area contributed by atoms with Gasteiger partial charge in [0.25, 0.3) is 0 Å². The summed E-state index contributed by atoms with van der Waals surface area (Å²) in [5.74, 6) is -4.08. The Hall–Kier alpha value is -0.620. The molecule has 1 unspecified atom stereocenters. The number of hydrogen-bond acceptors (Lipinski definition) is 2. The smallest absolute Gasteiger partial charge is 0.330 e. The Balaban J connectivity index is 3.97. The molecule has 0 aliphatic heterocycles. The fraction of sp³-hybridized carbons (Fsp3) is 0.833. The number of rotatable bonds is 11. The molecule has 0 aromatic heterocycles. The zero-order valence-corrected chi connectivity index (χ0v) is 10.6. The van der Waals surface area contributed by atoms with Crippen molar-refractivity contribution >= 4 is 0 Å². The first-order valence-electron chi connectivity index (χ1n) is 6.02. The van der Waals surface area contributed by atoms with Crippen molar-refractivity contribution in [3.05, 3.63) is 12.7 Å². The summed E-state index contributed by atoms with van der Waals surface area (Å²) in [6.07, 6.45) is 0.332.